The second-order valence-electron chi connectivity index (χ2n) is 6.84. The number of hydrogen-bond acceptors (Lipinski definition) is 2. The Labute approximate surface area is 139 Å². The monoisotopic (exact) mass is 315 g/mol. The summed E-state index contributed by atoms with van der Waals surface area (Å²) in [4.78, 5) is 16.8. The Morgan fingerprint density at radius 3 is 2.52 bits per heavy atom. The third-order valence-electron chi connectivity index (χ3n) is 5.27. The summed E-state index contributed by atoms with van der Waals surface area (Å²) >= 11 is 0. The van der Waals surface area contributed by atoms with E-state index in [-0.39, 0.29) is 6.03 Å². The summed E-state index contributed by atoms with van der Waals surface area (Å²) < 4.78 is 0. The summed E-state index contributed by atoms with van der Waals surface area (Å²) in [5.74, 6) is 0. The largest absolute Gasteiger partial charge is 0.368 e. The third kappa shape index (κ3) is 3.62. The fourth-order valence-electron chi connectivity index (χ4n) is 3.93. The number of benzene rings is 1. The molecule has 1 saturated heterocycles. The Kier molecular flexibility index (Phi) is 5.09. The first-order valence-corrected chi connectivity index (χ1v) is 9.08. The number of hydrogen-bond donors (Lipinski definition) is 1. The SMILES string of the molecule is CCc1cccc(C)c1N1CCN(C(=O)NC2CCCC2)CC1. The number of piperazine rings is 1. The molecule has 0 spiro atoms. The lowest BCUT2D eigenvalue weighted by Crippen LogP contribution is -2.53. The van der Waals surface area contributed by atoms with E-state index in [1.54, 1.807) is 0 Å². The van der Waals surface area contributed by atoms with E-state index in [0.29, 0.717) is 6.04 Å². The number of anilines is 1. The van der Waals surface area contributed by atoms with Crippen LogP contribution in [0.25, 0.3) is 0 Å². The van der Waals surface area contributed by atoms with Crippen molar-refractivity contribution in [3.8, 4) is 0 Å². The molecule has 126 valence electrons. The normalized spacial score (nSPS) is 19.2. The first kappa shape index (κ1) is 16.2. The molecule has 1 aromatic rings. The lowest BCUT2D eigenvalue weighted by molar-refractivity contribution is 0.190. The van der Waals surface area contributed by atoms with Gasteiger partial charge >= 0.3 is 6.03 Å². The number of carbonyl (C=O) groups excluding carboxylic acids is 1. The van der Waals surface area contributed by atoms with Gasteiger partial charge in [0.25, 0.3) is 0 Å². The van der Waals surface area contributed by atoms with Crippen LogP contribution >= 0.6 is 0 Å². The van der Waals surface area contributed by atoms with Crippen molar-refractivity contribution in [1.82, 2.24) is 10.2 Å². The molecule has 4 heteroatoms. The van der Waals surface area contributed by atoms with E-state index in [1.165, 1.54) is 29.7 Å². The predicted octanol–water partition coefficient (Wildman–Crippen LogP) is 3.33. The van der Waals surface area contributed by atoms with Crippen LogP contribution in [0.15, 0.2) is 18.2 Å². The molecule has 2 aliphatic rings. The predicted molar refractivity (Wildman–Crippen MR) is 95.1 cm³/mol. The molecular weight excluding hydrogens is 286 g/mol. The summed E-state index contributed by atoms with van der Waals surface area (Å²) in [6, 6.07) is 7.10. The number of nitrogens with zero attached hydrogens (tertiary/aromatic N) is 2. The Hall–Kier alpha value is -1.71. The Morgan fingerprint density at radius 1 is 1.17 bits per heavy atom. The Balaban J connectivity index is 1.59. The number of nitrogens with one attached hydrogen (secondary N) is 1. The molecular formula is C19H29N3O. The smallest absolute Gasteiger partial charge is 0.317 e. The Morgan fingerprint density at radius 2 is 1.87 bits per heavy atom. The third-order valence-corrected chi connectivity index (χ3v) is 5.27. The van der Waals surface area contributed by atoms with Crippen LogP contribution in [0, 0.1) is 6.92 Å². The van der Waals surface area contributed by atoms with E-state index in [2.05, 4.69) is 42.3 Å². The zero-order valence-electron chi connectivity index (χ0n) is 14.5. The maximum absolute atomic E-state index is 12.4. The summed E-state index contributed by atoms with van der Waals surface area (Å²) in [7, 11) is 0. The molecule has 1 aliphatic carbocycles. The lowest BCUT2D eigenvalue weighted by Gasteiger charge is -2.38. The highest BCUT2D eigenvalue weighted by Crippen LogP contribution is 2.27. The maximum atomic E-state index is 12.4. The standard InChI is InChI=1S/C19H29N3O/c1-3-16-8-6-7-15(2)18(16)21-11-13-22(14-12-21)19(23)20-17-9-4-5-10-17/h6-8,17H,3-5,9-14H2,1-2H3,(H,20,23). The van der Waals surface area contributed by atoms with Crippen molar-refractivity contribution in [3.63, 3.8) is 0 Å². The van der Waals surface area contributed by atoms with Crippen LogP contribution in [0.2, 0.25) is 0 Å². The molecule has 4 nitrogen and oxygen atoms in total. The average Bonchev–Trinajstić information content (AvgIpc) is 3.07. The van der Waals surface area contributed by atoms with Crippen LogP contribution in [0.3, 0.4) is 0 Å². The van der Waals surface area contributed by atoms with Gasteiger partial charge in [0, 0.05) is 37.9 Å². The van der Waals surface area contributed by atoms with Gasteiger partial charge in [-0.1, -0.05) is 38.0 Å². The van der Waals surface area contributed by atoms with Crippen LogP contribution in [-0.2, 0) is 6.42 Å². The van der Waals surface area contributed by atoms with Gasteiger partial charge in [0.1, 0.15) is 0 Å². The number of rotatable bonds is 3. The number of carbonyl (C=O) groups is 1. The highest BCUT2D eigenvalue weighted by molar-refractivity contribution is 5.75. The Bertz CT molecular complexity index is 544. The molecule has 1 saturated carbocycles. The second-order valence-corrected chi connectivity index (χ2v) is 6.84. The van der Waals surface area contributed by atoms with E-state index in [4.69, 9.17) is 0 Å². The first-order valence-electron chi connectivity index (χ1n) is 9.08. The molecule has 2 fully saturated rings. The molecule has 0 unspecified atom stereocenters. The van der Waals surface area contributed by atoms with Crippen LogP contribution in [0.5, 0.6) is 0 Å². The minimum absolute atomic E-state index is 0.136. The molecule has 23 heavy (non-hydrogen) atoms. The fourth-order valence-corrected chi connectivity index (χ4v) is 3.93. The molecule has 0 bridgehead atoms. The number of para-hydroxylation sites is 1. The van der Waals surface area contributed by atoms with Crippen LogP contribution in [0.1, 0.15) is 43.7 Å². The summed E-state index contributed by atoms with van der Waals surface area (Å²) in [5, 5.41) is 3.21. The van der Waals surface area contributed by atoms with Gasteiger partial charge in [0.2, 0.25) is 0 Å². The minimum atomic E-state index is 0.136. The number of amides is 2. The quantitative estimate of drug-likeness (QED) is 0.928. The molecule has 2 amide bonds. The fraction of sp³-hybridized carbons (Fsp3) is 0.632. The van der Waals surface area contributed by atoms with Crippen molar-refractivity contribution in [2.45, 2.75) is 52.0 Å². The van der Waals surface area contributed by atoms with Crippen molar-refractivity contribution >= 4 is 11.7 Å². The van der Waals surface area contributed by atoms with Crippen molar-refractivity contribution < 1.29 is 4.79 Å². The van der Waals surface area contributed by atoms with Crippen LogP contribution < -0.4 is 10.2 Å². The summed E-state index contributed by atoms with van der Waals surface area (Å²) in [5.41, 5.74) is 4.13. The van der Waals surface area contributed by atoms with Gasteiger partial charge in [-0.2, -0.15) is 0 Å². The summed E-state index contributed by atoms with van der Waals surface area (Å²) in [6.07, 6.45) is 5.86. The van der Waals surface area contributed by atoms with Gasteiger partial charge in [0.05, 0.1) is 0 Å². The number of urea groups is 1. The van der Waals surface area contributed by atoms with Crippen molar-refractivity contribution in [2.75, 3.05) is 31.1 Å². The van der Waals surface area contributed by atoms with Gasteiger partial charge in [-0.25, -0.2) is 4.79 Å². The van der Waals surface area contributed by atoms with E-state index in [1.807, 2.05) is 4.90 Å². The zero-order valence-corrected chi connectivity index (χ0v) is 14.5. The molecule has 1 aromatic carbocycles. The van der Waals surface area contributed by atoms with Crippen molar-refractivity contribution in [3.05, 3.63) is 29.3 Å². The highest BCUT2D eigenvalue weighted by Gasteiger charge is 2.25. The zero-order chi connectivity index (χ0) is 16.2. The van der Waals surface area contributed by atoms with Crippen molar-refractivity contribution in [1.29, 1.82) is 0 Å². The van der Waals surface area contributed by atoms with E-state index in [9.17, 15) is 4.79 Å². The molecule has 0 aromatic heterocycles. The van der Waals surface area contributed by atoms with Crippen LogP contribution in [-0.4, -0.2) is 43.2 Å². The second kappa shape index (κ2) is 7.24. The van der Waals surface area contributed by atoms with E-state index in [0.717, 1.165) is 45.4 Å². The van der Waals surface area contributed by atoms with Crippen LogP contribution in [0.4, 0.5) is 10.5 Å². The average molecular weight is 315 g/mol. The number of aryl methyl sites for hydroxylation is 2. The topological polar surface area (TPSA) is 35.6 Å². The van der Waals surface area contributed by atoms with Crippen molar-refractivity contribution in [2.24, 2.45) is 0 Å². The van der Waals surface area contributed by atoms with E-state index < -0.39 is 0 Å². The molecule has 1 heterocycles. The first-order chi connectivity index (χ1) is 11.2. The molecule has 1 N–H and O–H groups in total. The minimum Gasteiger partial charge on any atom is -0.368 e. The van der Waals surface area contributed by atoms with E-state index >= 15 is 0 Å². The van der Waals surface area contributed by atoms with Gasteiger partial charge in [0.15, 0.2) is 0 Å². The highest BCUT2D eigenvalue weighted by atomic mass is 16.2. The summed E-state index contributed by atoms with van der Waals surface area (Å²) in [6.45, 7) is 7.88. The molecule has 1 aliphatic heterocycles. The molecule has 0 radical (unpaired) electrons. The van der Waals surface area contributed by atoms with Gasteiger partial charge < -0.3 is 15.1 Å². The van der Waals surface area contributed by atoms with Gasteiger partial charge in [-0.3, -0.25) is 0 Å². The molecule has 3 rings (SSSR count). The van der Waals surface area contributed by atoms with Gasteiger partial charge in [-0.15, -0.1) is 0 Å². The molecule has 0 atom stereocenters. The van der Waals surface area contributed by atoms with Gasteiger partial charge in [-0.05, 0) is 37.3 Å². The maximum Gasteiger partial charge on any atom is 0.317 e. The lowest BCUT2D eigenvalue weighted by atomic mass is 10.0.